The molecule has 0 radical (unpaired) electrons. The van der Waals surface area contributed by atoms with Crippen molar-refractivity contribution in [2.45, 2.75) is 13.5 Å². The van der Waals surface area contributed by atoms with Crippen LogP contribution in [0.4, 0.5) is 5.82 Å². The van der Waals surface area contributed by atoms with Gasteiger partial charge in [0.1, 0.15) is 5.82 Å². The summed E-state index contributed by atoms with van der Waals surface area (Å²) in [6, 6.07) is 11.2. The van der Waals surface area contributed by atoms with E-state index in [1.54, 1.807) is 12.1 Å². The highest BCUT2D eigenvalue weighted by Crippen LogP contribution is 2.08. The number of nitrogen functional groups attached to an aromatic ring is 1. The number of rotatable bonds is 4. The molecule has 5 heteroatoms. The van der Waals surface area contributed by atoms with Crippen molar-refractivity contribution in [2.24, 2.45) is 5.84 Å². The Bertz CT molecular complexity index is 583. The van der Waals surface area contributed by atoms with Crippen molar-refractivity contribution in [2.75, 3.05) is 5.43 Å². The average Bonchev–Trinajstić information content (AvgIpc) is 2.46. The molecule has 0 aliphatic heterocycles. The summed E-state index contributed by atoms with van der Waals surface area (Å²) in [6.45, 7) is 2.52. The molecular formula is C14H16N4O. The molecule has 98 valence electrons. The first kappa shape index (κ1) is 13.0. The molecule has 5 nitrogen and oxygen atoms in total. The third-order valence-corrected chi connectivity index (χ3v) is 2.87. The third kappa shape index (κ3) is 3.29. The Kier molecular flexibility index (Phi) is 4.10. The molecule has 2 aromatic rings. The summed E-state index contributed by atoms with van der Waals surface area (Å²) in [7, 11) is 0. The molecule has 4 N–H and O–H groups in total. The van der Waals surface area contributed by atoms with Crippen molar-refractivity contribution in [3.05, 3.63) is 59.3 Å². The number of anilines is 1. The van der Waals surface area contributed by atoms with E-state index in [9.17, 15) is 4.79 Å². The first-order valence-corrected chi connectivity index (χ1v) is 5.96. The van der Waals surface area contributed by atoms with Gasteiger partial charge in [0.25, 0.3) is 5.91 Å². The maximum Gasteiger partial charge on any atom is 0.251 e. The van der Waals surface area contributed by atoms with Crippen molar-refractivity contribution in [3.8, 4) is 0 Å². The minimum atomic E-state index is -0.151. The molecule has 0 saturated carbocycles. The van der Waals surface area contributed by atoms with Crippen LogP contribution >= 0.6 is 0 Å². The lowest BCUT2D eigenvalue weighted by Gasteiger charge is -2.08. The van der Waals surface area contributed by atoms with Gasteiger partial charge in [0.15, 0.2) is 0 Å². The number of hydrazine groups is 1. The summed E-state index contributed by atoms with van der Waals surface area (Å²) < 4.78 is 0. The molecule has 0 bridgehead atoms. The van der Waals surface area contributed by atoms with Crippen molar-refractivity contribution in [1.82, 2.24) is 10.3 Å². The van der Waals surface area contributed by atoms with E-state index >= 15 is 0 Å². The quantitative estimate of drug-likeness (QED) is 0.573. The maximum atomic E-state index is 12.0. The zero-order valence-electron chi connectivity index (χ0n) is 10.7. The standard InChI is InChI=1S/C14H16N4O/c1-10-4-2-3-5-12(10)9-17-14(19)11-6-7-16-13(8-11)18-15/h2-8H,9,15H2,1H3,(H,16,18)(H,17,19). The van der Waals surface area contributed by atoms with Crippen LogP contribution < -0.4 is 16.6 Å². The van der Waals surface area contributed by atoms with Gasteiger partial charge in [-0.05, 0) is 30.2 Å². The number of nitrogens with zero attached hydrogens (tertiary/aromatic N) is 1. The van der Waals surface area contributed by atoms with Crippen LogP contribution in [0, 0.1) is 6.92 Å². The molecule has 19 heavy (non-hydrogen) atoms. The Labute approximate surface area is 111 Å². The second kappa shape index (κ2) is 5.97. The number of nitrogens with two attached hydrogens (primary N) is 1. The summed E-state index contributed by atoms with van der Waals surface area (Å²) in [5.41, 5.74) is 5.19. The summed E-state index contributed by atoms with van der Waals surface area (Å²) in [6.07, 6.45) is 1.54. The second-order valence-corrected chi connectivity index (χ2v) is 4.18. The van der Waals surface area contributed by atoms with E-state index in [0.29, 0.717) is 17.9 Å². The Morgan fingerprint density at radius 2 is 2.11 bits per heavy atom. The van der Waals surface area contributed by atoms with Crippen LogP contribution in [0.5, 0.6) is 0 Å². The summed E-state index contributed by atoms with van der Waals surface area (Å²) in [5, 5.41) is 2.87. The van der Waals surface area contributed by atoms with Gasteiger partial charge in [-0.3, -0.25) is 4.79 Å². The normalized spacial score (nSPS) is 10.0. The van der Waals surface area contributed by atoms with Crippen LogP contribution in [0.15, 0.2) is 42.6 Å². The van der Waals surface area contributed by atoms with Gasteiger partial charge in [-0.1, -0.05) is 24.3 Å². The lowest BCUT2D eigenvalue weighted by atomic mass is 10.1. The predicted octanol–water partition coefficient (Wildman–Crippen LogP) is 1.61. The van der Waals surface area contributed by atoms with E-state index < -0.39 is 0 Å². The van der Waals surface area contributed by atoms with E-state index in [4.69, 9.17) is 5.84 Å². The lowest BCUT2D eigenvalue weighted by molar-refractivity contribution is 0.0951. The number of carbonyl (C=O) groups is 1. The van der Waals surface area contributed by atoms with Gasteiger partial charge in [0.05, 0.1) is 0 Å². The average molecular weight is 256 g/mol. The number of nitrogens with one attached hydrogen (secondary N) is 2. The van der Waals surface area contributed by atoms with Gasteiger partial charge in [-0.25, -0.2) is 10.8 Å². The molecule has 2 rings (SSSR count). The fourth-order valence-electron chi connectivity index (χ4n) is 1.74. The van der Waals surface area contributed by atoms with Crippen LogP contribution in [0.3, 0.4) is 0 Å². The van der Waals surface area contributed by atoms with Crippen LogP contribution in [-0.2, 0) is 6.54 Å². The fourth-order valence-corrected chi connectivity index (χ4v) is 1.74. The van der Waals surface area contributed by atoms with Crippen molar-refractivity contribution in [3.63, 3.8) is 0 Å². The number of carbonyl (C=O) groups excluding carboxylic acids is 1. The van der Waals surface area contributed by atoms with Gasteiger partial charge in [0, 0.05) is 18.3 Å². The number of benzene rings is 1. The molecule has 0 fully saturated rings. The zero-order chi connectivity index (χ0) is 13.7. The fraction of sp³-hybridized carbons (Fsp3) is 0.143. The van der Waals surface area contributed by atoms with Gasteiger partial charge in [-0.2, -0.15) is 0 Å². The molecule has 0 saturated heterocycles. The van der Waals surface area contributed by atoms with E-state index in [1.165, 1.54) is 6.20 Å². The minimum absolute atomic E-state index is 0.151. The van der Waals surface area contributed by atoms with Crippen molar-refractivity contribution in [1.29, 1.82) is 0 Å². The predicted molar refractivity (Wildman–Crippen MR) is 74.4 cm³/mol. The van der Waals surface area contributed by atoms with Crippen LogP contribution in [0.1, 0.15) is 21.5 Å². The van der Waals surface area contributed by atoms with Gasteiger partial charge < -0.3 is 10.7 Å². The molecule has 0 spiro atoms. The molecule has 1 aromatic heterocycles. The SMILES string of the molecule is Cc1ccccc1CNC(=O)c1ccnc(NN)c1. The summed E-state index contributed by atoms with van der Waals surface area (Å²) >= 11 is 0. The second-order valence-electron chi connectivity index (χ2n) is 4.18. The maximum absolute atomic E-state index is 12.0. The minimum Gasteiger partial charge on any atom is -0.348 e. The molecule has 1 amide bonds. The van der Waals surface area contributed by atoms with Crippen LogP contribution in [0.2, 0.25) is 0 Å². The number of amides is 1. The van der Waals surface area contributed by atoms with Crippen molar-refractivity contribution >= 4 is 11.7 Å². The number of hydrogen-bond donors (Lipinski definition) is 3. The number of hydrogen-bond acceptors (Lipinski definition) is 4. The highest BCUT2D eigenvalue weighted by Gasteiger charge is 2.07. The Hall–Kier alpha value is -2.40. The highest BCUT2D eigenvalue weighted by molar-refractivity contribution is 5.94. The Balaban J connectivity index is 2.03. The van der Waals surface area contributed by atoms with Gasteiger partial charge in [0.2, 0.25) is 0 Å². The monoisotopic (exact) mass is 256 g/mol. The topological polar surface area (TPSA) is 80.0 Å². The molecule has 0 atom stereocenters. The molecule has 0 aliphatic carbocycles. The number of aromatic nitrogens is 1. The Morgan fingerprint density at radius 3 is 2.84 bits per heavy atom. The zero-order valence-corrected chi connectivity index (χ0v) is 10.7. The lowest BCUT2D eigenvalue weighted by Crippen LogP contribution is -2.23. The molecule has 0 unspecified atom stereocenters. The third-order valence-electron chi connectivity index (χ3n) is 2.87. The first-order chi connectivity index (χ1) is 9.20. The van der Waals surface area contributed by atoms with E-state index in [2.05, 4.69) is 15.7 Å². The first-order valence-electron chi connectivity index (χ1n) is 5.96. The summed E-state index contributed by atoms with van der Waals surface area (Å²) in [4.78, 5) is 15.9. The largest absolute Gasteiger partial charge is 0.348 e. The van der Waals surface area contributed by atoms with E-state index in [0.717, 1.165) is 11.1 Å². The number of aryl methyl sites for hydroxylation is 1. The molecular weight excluding hydrogens is 240 g/mol. The summed E-state index contributed by atoms with van der Waals surface area (Å²) in [5.74, 6) is 5.57. The van der Waals surface area contributed by atoms with E-state index in [1.807, 2.05) is 31.2 Å². The highest BCUT2D eigenvalue weighted by atomic mass is 16.1. The molecule has 0 aliphatic rings. The van der Waals surface area contributed by atoms with E-state index in [-0.39, 0.29) is 5.91 Å². The number of pyridine rings is 1. The van der Waals surface area contributed by atoms with Gasteiger partial charge in [-0.15, -0.1) is 0 Å². The van der Waals surface area contributed by atoms with Crippen LogP contribution in [0.25, 0.3) is 0 Å². The molecule has 1 aromatic carbocycles. The Morgan fingerprint density at radius 1 is 1.32 bits per heavy atom. The van der Waals surface area contributed by atoms with Crippen molar-refractivity contribution < 1.29 is 4.79 Å². The van der Waals surface area contributed by atoms with Crippen LogP contribution in [-0.4, -0.2) is 10.9 Å². The smallest absolute Gasteiger partial charge is 0.251 e. The molecule has 1 heterocycles. The van der Waals surface area contributed by atoms with Gasteiger partial charge >= 0.3 is 0 Å².